The Morgan fingerprint density at radius 1 is 1.47 bits per heavy atom. The molecule has 0 atom stereocenters. The van der Waals surface area contributed by atoms with Gasteiger partial charge in [-0.3, -0.25) is 4.79 Å². The highest BCUT2D eigenvalue weighted by molar-refractivity contribution is 6.32. The van der Waals surface area contributed by atoms with Crippen LogP contribution in [-0.4, -0.2) is 18.7 Å². The molecule has 1 amide bonds. The molecule has 1 aromatic rings. The standard InChI is InChI=1S/C14H19ClN2O2/c1-3-5-6-14(18)17-16-10-11-7-8-13(19-4-2)12(15)9-11/h7-10H,3-6H2,1-2H3,(H,17,18)/b16-10+. The average molecular weight is 283 g/mol. The maximum Gasteiger partial charge on any atom is 0.240 e. The SMILES string of the molecule is CCCCC(=O)N/N=C/c1ccc(OCC)c(Cl)c1. The fourth-order valence-corrected chi connectivity index (χ4v) is 1.69. The van der Waals surface area contributed by atoms with Crippen LogP contribution in [0.1, 0.15) is 38.7 Å². The van der Waals surface area contributed by atoms with Crippen LogP contribution in [0.5, 0.6) is 5.75 Å². The van der Waals surface area contributed by atoms with Crippen LogP contribution in [0.4, 0.5) is 0 Å². The Morgan fingerprint density at radius 2 is 2.26 bits per heavy atom. The van der Waals surface area contributed by atoms with Gasteiger partial charge in [0.2, 0.25) is 5.91 Å². The summed E-state index contributed by atoms with van der Waals surface area (Å²) in [5.74, 6) is 0.573. The first-order valence-electron chi connectivity index (χ1n) is 6.41. The minimum Gasteiger partial charge on any atom is -0.492 e. The van der Waals surface area contributed by atoms with Gasteiger partial charge in [-0.05, 0) is 37.1 Å². The Balaban J connectivity index is 2.53. The predicted octanol–water partition coefficient (Wildman–Crippen LogP) is 3.38. The van der Waals surface area contributed by atoms with Crippen molar-refractivity contribution in [3.8, 4) is 5.75 Å². The van der Waals surface area contributed by atoms with Gasteiger partial charge in [-0.1, -0.05) is 24.9 Å². The van der Waals surface area contributed by atoms with Gasteiger partial charge in [-0.2, -0.15) is 5.10 Å². The topological polar surface area (TPSA) is 50.7 Å². The molecular formula is C14H19ClN2O2. The lowest BCUT2D eigenvalue weighted by Gasteiger charge is -2.05. The lowest BCUT2D eigenvalue weighted by Crippen LogP contribution is -2.16. The van der Waals surface area contributed by atoms with E-state index in [2.05, 4.69) is 10.5 Å². The number of hydrogen-bond acceptors (Lipinski definition) is 3. The largest absolute Gasteiger partial charge is 0.492 e. The minimum atomic E-state index is -0.0740. The smallest absolute Gasteiger partial charge is 0.240 e. The molecule has 1 N–H and O–H groups in total. The van der Waals surface area contributed by atoms with E-state index < -0.39 is 0 Å². The van der Waals surface area contributed by atoms with E-state index in [0.29, 0.717) is 23.8 Å². The Bertz CT molecular complexity index is 447. The van der Waals surface area contributed by atoms with Crippen molar-refractivity contribution in [3.63, 3.8) is 0 Å². The highest BCUT2D eigenvalue weighted by atomic mass is 35.5. The number of rotatable bonds is 7. The lowest BCUT2D eigenvalue weighted by atomic mass is 10.2. The first kappa shape index (κ1) is 15.5. The second kappa shape index (κ2) is 8.53. The summed E-state index contributed by atoms with van der Waals surface area (Å²) in [6, 6.07) is 5.36. The molecule has 0 fully saturated rings. The molecule has 1 aromatic carbocycles. The zero-order valence-corrected chi connectivity index (χ0v) is 12.0. The van der Waals surface area contributed by atoms with Crippen molar-refractivity contribution in [2.45, 2.75) is 33.1 Å². The van der Waals surface area contributed by atoms with Crippen LogP contribution in [0, 0.1) is 0 Å². The first-order valence-corrected chi connectivity index (χ1v) is 6.79. The quantitative estimate of drug-likeness (QED) is 0.616. The van der Waals surface area contributed by atoms with E-state index in [9.17, 15) is 4.79 Å². The van der Waals surface area contributed by atoms with Crippen molar-refractivity contribution in [1.82, 2.24) is 5.43 Å². The van der Waals surface area contributed by atoms with E-state index in [0.717, 1.165) is 18.4 Å². The summed E-state index contributed by atoms with van der Waals surface area (Å²) in [6.07, 6.45) is 3.92. The maximum absolute atomic E-state index is 11.3. The van der Waals surface area contributed by atoms with Crippen molar-refractivity contribution >= 4 is 23.7 Å². The Labute approximate surface area is 118 Å². The monoisotopic (exact) mass is 282 g/mol. The number of nitrogens with one attached hydrogen (secondary N) is 1. The molecular weight excluding hydrogens is 264 g/mol. The van der Waals surface area contributed by atoms with E-state index >= 15 is 0 Å². The molecule has 0 saturated carbocycles. The fourth-order valence-electron chi connectivity index (χ4n) is 1.44. The van der Waals surface area contributed by atoms with Crippen molar-refractivity contribution < 1.29 is 9.53 Å². The van der Waals surface area contributed by atoms with Crippen molar-refractivity contribution in [2.24, 2.45) is 5.10 Å². The number of halogens is 1. The van der Waals surface area contributed by atoms with Crippen molar-refractivity contribution in [3.05, 3.63) is 28.8 Å². The Morgan fingerprint density at radius 3 is 2.89 bits per heavy atom. The third-order valence-electron chi connectivity index (χ3n) is 2.42. The molecule has 0 aliphatic heterocycles. The number of amides is 1. The molecule has 0 aliphatic carbocycles. The van der Waals surface area contributed by atoms with Gasteiger partial charge in [-0.25, -0.2) is 5.43 Å². The molecule has 0 bridgehead atoms. The van der Waals surface area contributed by atoms with E-state index in [1.807, 2.05) is 19.9 Å². The Kier molecular flexibility index (Phi) is 6.97. The van der Waals surface area contributed by atoms with E-state index in [-0.39, 0.29) is 5.91 Å². The molecule has 5 heteroatoms. The highest BCUT2D eigenvalue weighted by Gasteiger charge is 2.01. The van der Waals surface area contributed by atoms with Gasteiger partial charge in [0, 0.05) is 6.42 Å². The minimum absolute atomic E-state index is 0.0740. The number of benzene rings is 1. The molecule has 0 heterocycles. The number of ether oxygens (including phenoxy) is 1. The first-order chi connectivity index (χ1) is 9.17. The summed E-state index contributed by atoms with van der Waals surface area (Å²) < 4.78 is 5.33. The van der Waals surface area contributed by atoms with E-state index in [4.69, 9.17) is 16.3 Å². The summed E-state index contributed by atoms with van der Waals surface area (Å²) in [6.45, 7) is 4.51. The van der Waals surface area contributed by atoms with Gasteiger partial charge in [0.25, 0.3) is 0 Å². The van der Waals surface area contributed by atoms with Crippen LogP contribution in [0.15, 0.2) is 23.3 Å². The number of hydrazone groups is 1. The van der Waals surface area contributed by atoms with Crippen LogP contribution >= 0.6 is 11.6 Å². The number of hydrogen-bond donors (Lipinski definition) is 1. The lowest BCUT2D eigenvalue weighted by molar-refractivity contribution is -0.121. The van der Waals surface area contributed by atoms with E-state index in [1.165, 1.54) is 0 Å². The summed E-state index contributed by atoms with van der Waals surface area (Å²) in [4.78, 5) is 11.3. The van der Waals surface area contributed by atoms with Gasteiger partial charge < -0.3 is 4.74 Å². The maximum atomic E-state index is 11.3. The molecule has 19 heavy (non-hydrogen) atoms. The average Bonchev–Trinajstić information content (AvgIpc) is 2.39. The number of nitrogens with zero attached hydrogens (tertiary/aromatic N) is 1. The third kappa shape index (κ3) is 5.75. The normalized spacial score (nSPS) is 10.7. The van der Waals surface area contributed by atoms with Crippen LogP contribution < -0.4 is 10.2 Å². The molecule has 0 saturated heterocycles. The van der Waals surface area contributed by atoms with Gasteiger partial charge in [-0.15, -0.1) is 0 Å². The van der Waals surface area contributed by atoms with Crippen molar-refractivity contribution in [2.75, 3.05) is 6.61 Å². The van der Waals surface area contributed by atoms with Crippen LogP contribution in [-0.2, 0) is 4.79 Å². The second-order valence-corrected chi connectivity index (χ2v) is 4.43. The van der Waals surface area contributed by atoms with Gasteiger partial charge in [0.1, 0.15) is 5.75 Å². The molecule has 0 radical (unpaired) electrons. The van der Waals surface area contributed by atoms with Crippen LogP contribution in [0.25, 0.3) is 0 Å². The predicted molar refractivity (Wildman–Crippen MR) is 77.9 cm³/mol. The highest BCUT2D eigenvalue weighted by Crippen LogP contribution is 2.24. The van der Waals surface area contributed by atoms with Crippen molar-refractivity contribution in [1.29, 1.82) is 0 Å². The fraction of sp³-hybridized carbons (Fsp3) is 0.429. The number of unbranched alkanes of at least 4 members (excludes halogenated alkanes) is 1. The molecule has 104 valence electrons. The van der Waals surface area contributed by atoms with Crippen LogP contribution in [0.3, 0.4) is 0 Å². The summed E-state index contributed by atoms with van der Waals surface area (Å²) in [7, 11) is 0. The molecule has 0 spiro atoms. The summed E-state index contributed by atoms with van der Waals surface area (Å²) >= 11 is 6.04. The Hall–Kier alpha value is -1.55. The summed E-state index contributed by atoms with van der Waals surface area (Å²) in [5, 5.41) is 4.42. The molecule has 1 rings (SSSR count). The van der Waals surface area contributed by atoms with E-state index in [1.54, 1.807) is 18.3 Å². The number of carbonyl (C=O) groups excluding carboxylic acids is 1. The van der Waals surface area contributed by atoms with Gasteiger partial charge in [0.05, 0.1) is 17.8 Å². The van der Waals surface area contributed by atoms with Crippen LogP contribution in [0.2, 0.25) is 5.02 Å². The number of carbonyl (C=O) groups is 1. The summed E-state index contributed by atoms with van der Waals surface area (Å²) in [5.41, 5.74) is 3.29. The molecule has 4 nitrogen and oxygen atoms in total. The van der Waals surface area contributed by atoms with Gasteiger partial charge in [0.15, 0.2) is 0 Å². The zero-order chi connectivity index (χ0) is 14.1. The van der Waals surface area contributed by atoms with Gasteiger partial charge >= 0.3 is 0 Å². The third-order valence-corrected chi connectivity index (χ3v) is 2.71. The zero-order valence-electron chi connectivity index (χ0n) is 11.3. The molecule has 0 aliphatic rings. The molecule has 0 aromatic heterocycles. The second-order valence-electron chi connectivity index (χ2n) is 4.02. The molecule has 0 unspecified atom stereocenters.